The highest BCUT2D eigenvalue weighted by Crippen LogP contribution is 2.39. The normalized spacial score (nSPS) is 20.9. The minimum atomic E-state index is -0.398. The second kappa shape index (κ2) is 7.04. The second-order valence-electron chi connectivity index (χ2n) is 7.17. The van der Waals surface area contributed by atoms with E-state index >= 15 is 0 Å². The van der Waals surface area contributed by atoms with Crippen molar-refractivity contribution in [1.29, 1.82) is 0 Å². The SMILES string of the molecule is CCOC(=O)c1oc2c(c1C)C1=NN(Cc3ccc(Cl)cc3)C(C)C1CC2. The molecule has 0 amide bonds. The van der Waals surface area contributed by atoms with Gasteiger partial charge in [-0.05, 0) is 44.9 Å². The van der Waals surface area contributed by atoms with Gasteiger partial charge >= 0.3 is 5.97 Å². The summed E-state index contributed by atoms with van der Waals surface area (Å²) < 4.78 is 11.0. The molecule has 6 heteroatoms. The number of carbonyl (C=O) groups excluding carboxylic acids is 1. The fraction of sp³-hybridized carbons (Fsp3) is 0.429. The summed E-state index contributed by atoms with van der Waals surface area (Å²) in [7, 11) is 0. The quantitative estimate of drug-likeness (QED) is 0.721. The summed E-state index contributed by atoms with van der Waals surface area (Å²) in [6.07, 6.45) is 1.79. The average Bonchev–Trinajstić information content (AvgIpc) is 3.15. The van der Waals surface area contributed by atoms with E-state index in [0.717, 1.165) is 47.0 Å². The van der Waals surface area contributed by atoms with Crippen LogP contribution in [0.2, 0.25) is 5.02 Å². The summed E-state index contributed by atoms with van der Waals surface area (Å²) in [4.78, 5) is 12.2. The number of nitrogens with zero attached hydrogens (tertiary/aromatic N) is 2. The lowest BCUT2D eigenvalue weighted by molar-refractivity contribution is 0.0486. The maximum Gasteiger partial charge on any atom is 0.374 e. The number of hydrogen-bond donors (Lipinski definition) is 0. The van der Waals surface area contributed by atoms with E-state index in [9.17, 15) is 4.79 Å². The molecule has 142 valence electrons. The smallest absolute Gasteiger partial charge is 0.374 e. The van der Waals surface area contributed by atoms with E-state index in [1.165, 1.54) is 5.56 Å². The van der Waals surface area contributed by atoms with E-state index in [-0.39, 0.29) is 0 Å². The second-order valence-corrected chi connectivity index (χ2v) is 7.61. The van der Waals surface area contributed by atoms with Gasteiger partial charge in [0.25, 0.3) is 0 Å². The fourth-order valence-corrected chi connectivity index (χ4v) is 4.20. The van der Waals surface area contributed by atoms with Gasteiger partial charge in [0.05, 0.1) is 24.9 Å². The third-order valence-electron chi connectivity index (χ3n) is 5.52. The van der Waals surface area contributed by atoms with Crippen molar-refractivity contribution in [2.45, 2.75) is 46.2 Å². The standard InChI is InChI=1S/C21H23ClN2O3/c1-4-26-21(25)20-12(2)18-17(27-20)10-9-16-13(3)24(23-19(16)18)11-14-5-7-15(22)8-6-14/h5-8,13,16H,4,9-11H2,1-3H3. The van der Waals surface area contributed by atoms with Gasteiger partial charge in [0, 0.05) is 28.5 Å². The van der Waals surface area contributed by atoms with Crippen LogP contribution in [0.5, 0.6) is 0 Å². The molecule has 2 unspecified atom stereocenters. The maximum atomic E-state index is 12.2. The van der Waals surface area contributed by atoms with Gasteiger partial charge in [-0.15, -0.1) is 0 Å². The Kier molecular flexibility index (Phi) is 4.72. The summed E-state index contributed by atoms with van der Waals surface area (Å²) in [5.74, 6) is 1.11. The van der Waals surface area contributed by atoms with Crippen LogP contribution < -0.4 is 0 Å². The highest BCUT2D eigenvalue weighted by atomic mass is 35.5. The fourth-order valence-electron chi connectivity index (χ4n) is 4.07. The lowest BCUT2D eigenvalue weighted by Gasteiger charge is -2.26. The topological polar surface area (TPSA) is 55.0 Å². The minimum absolute atomic E-state index is 0.296. The monoisotopic (exact) mass is 386 g/mol. The summed E-state index contributed by atoms with van der Waals surface area (Å²) in [6, 6.07) is 8.17. The van der Waals surface area contributed by atoms with Crippen LogP contribution in [0.1, 0.15) is 53.3 Å². The van der Waals surface area contributed by atoms with Crippen molar-refractivity contribution in [1.82, 2.24) is 5.01 Å². The lowest BCUT2D eigenvalue weighted by atomic mass is 9.81. The van der Waals surface area contributed by atoms with Gasteiger partial charge in [-0.25, -0.2) is 4.79 Å². The van der Waals surface area contributed by atoms with E-state index in [1.807, 2.05) is 31.2 Å². The molecule has 1 aliphatic carbocycles. The van der Waals surface area contributed by atoms with Gasteiger partial charge in [-0.2, -0.15) is 5.10 Å². The van der Waals surface area contributed by atoms with Crippen molar-refractivity contribution >= 4 is 23.3 Å². The molecule has 0 spiro atoms. The molecule has 2 atom stereocenters. The number of hydrogen-bond acceptors (Lipinski definition) is 5. The van der Waals surface area contributed by atoms with Gasteiger partial charge < -0.3 is 9.15 Å². The van der Waals surface area contributed by atoms with Crippen LogP contribution in [0.25, 0.3) is 0 Å². The number of benzene rings is 1. The van der Waals surface area contributed by atoms with Crippen molar-refractivity contribution in [2.75, 3.05) is 6.61 Å². The molecular weight excluding hydrogens is 364 g/mol. The number of aryl methyl sites for hydroxylation is 1. The number of halogens is 1. The third-order valence-corrected chi connectivity index (χ3v) is 5.77. The largest absolute Gasteiger partial charge is 0.460 e. The Balaban J connectivity index is 1.65. The number of esters is 1. The number of carbonyl (C=O) groups is 1. The number of furan rings is 1. The first-order valence-corrected chi connectivity index (χ1v) is 9.76. The number of hydrazone groups is 1. The molecule has 0 bridgehead atoms. The molecule has 1 aromatic carbocycles. The summed E-state index contributed by atoms with van der Waals surface area (Å²) >= 11 is 5.99. The van der Waals surface area contributed by atoms with Gasteiger partial charge in [0.2, 0.25) is 5.76 Å². The van der Waals surface area contributed by atoms with Crippen molar-refractivity contribution in [3.8, 4) is 0 Å². The molecule has 5 nitrogen and oxygen atoms in total. The molecule has 2 heterocycles. The molecule has 1 aliphatic heterocycles. The summed E-state index contributed by atoms with van der Waals surface area (Å²) in [5, 5.41) is 7.80. The zero-order chi connectivity index (χ0) is 19.1. The predicted octanol–water partition coefficient (Wildman–Crippen LogP) is 4.59. The zero-order valence-electron chi connectivity index (χ0n) is 15.8. The van der Waals surface area contributed by atoms with E-state index in [2.05, 4.69) is 11.9 Å². The van der Waals surface area contributed by atoms with Crippen LogP contribution in [-0.4, -0.2) is 29.3 Å². The van der Waals surface area contributed by atoms with Crippen LogP contribution in [0.3, 0.4) is 0 Å². The van der Waals surface area contributed by atoms with E-state index in [0.29, 0.717) is 24.3 Å². The summed E-state index contributed by atoms with van der Waals surface area (Å²) in [6.45, 7) is 6.99. The molecular formula is C21H23ClN2O3. The molecule has 0 saturated carbocycles. The molecule has 0 saturated heterocycles. The zero-order valence-corrected chi connectivity index (χ0v) is 16.5. The highest BCUT2D eigenvalue weighted by molar-refractivity contribution is 6.30. The van der Waals surface area contributed by atoms with Gasteiger partial charge in [0.15, 0.2) is 0 Å². The van der Waals surface area contributed by atoms with Crippen molar-refractivity contribution in [2.24, 2.45) is 11.0 Å². The van der Waals surface area contributed by atoms with Gasteiger partial charge in [-0.3, -0.25) is 5.01 Å². The van der Waals surface area contributed by atoms with E-state index in [4.69, 9.17) is 25.9 Å². The Morgan fingerprint density at radius 1 is 1.37 bits per heavy atom. The molecule has 1 aromatic heterocycles. The number of fused-ring (bicyclic) bond motifs is 3. The lowest BCUT2D eigenvalue weighted by Crippen LogP contribution is -2.32. The minimum Gasteiger partial charge on any atom is -0.460 e. The van der Waals surface area contributed by atoms with E-state index in [1.54, 1.807) is 6.92 Å². The number of rotatable bonds is 4. The van der Waals surface area contributed by atoms with Crippen molar-refractivity contribution in [3.05, 3.63) is 57.5 Å². The molecule has 0 radical (unpaired) electrons. The van der Waals surface area contributed by atoms with Crippen molar-refractivity contribution in [3.63, 3.8) is 0 Å². The predicted molar refractivity (Wildman–Crippen MR) is 104 cm³/mol. The Hall–Kier alpha value is -2.27. The average molecular weight is 387 g/mol. The summed E-state index contributed by atoms with van der Waals surface area (Å²) in [5.41, 5.74) is 4.05. The molecule has 27 heavy (non-hydrogen) atoms. The first kappa shape index (κ1) is 18.1. The van der Waals surface area contributed by atoms with Crippen LogP contribution in [0.4, 0.5) is 0 Å². The van der Waals surface area contributed by atoms with Crippen LogP contribution in [-0.2, 0) is 17.7 Å². The van der Waals surface area contributed by atoms with Crippen molar-refractivity contribution < 1.29 is 13.9 Å². The molecule has 2 aromatic rings. The highest BCUT2D eigenvalue weighted by Gasteiger charge is 2.41. The maximum absolute atomic E-state index is 12.2. The Labute approximate surface area is 163 Å². The molecule has 4 rings (SSSR count). The molecule has 0 N–H and O–H groups in total. The Morgan fingerprint density at radius 2 is 2.11 bits per heavy atom. The van der Waals surface area contributed by atoms with Gasteiger partial charge in [0.1, 0.15) is 5.76 Å². The third kappa shape index (κ3) is 3.14. The Morgan fingerprint density at radius 3 is 2.81 bits per heavy atom. The van der Waals surface area contributed by atoms with Crippen LogP contribution >= 0.6 is 11.6 Å². The first-order valence-electron chi connectivity index (χ1n) is 9.39. The molecule has 0 fully saturated rings. The van der Waals surface area contributed by atoms with Gasteiger partial charge in [-0.1, -0.05) is 23.7 Å². The number of ether oxygens (including phenoxy) is 1. The Bertz CT molecular complexity index is 901. The van der Waals surface area contributed by atoms with Crippen LogP contribution in [0.15, 0.2) is 33.8 Å². The molecule has 2 aliphatic rings. The van der Waals surface area contributed by atoms with Crippen LogP contribution in [0, 0.1) is 12.8 Å². The van der Waals surface area contributed by atoms with E-state index < -0.39 is 5.97 Å². The first-order chi connectivity index (χ1) is 13.0.